The van der Waals surface area contributed by atoms with Crippen LogP contribution >= 0.6 is 11.3 Å². The van der Waals surface area contributed by atoms with Gasteiger partial charge in [-0.15, -0.1) is 11.3 Å². The fourth-order valence-corrected chi connectivity index (χ4v) is 5.84. The molecule has 5 nitrogen and oxygen atoms in total. The maximum atomic E-state index is 12.0. The second kappa shape index (κ2) is 6.85. The number of sulfonamides is 1. The van der Waals surface area contributed by atoms with Crippen LogP contribution in [0.4, 0.5) is 10.8 Å². The molecule has 0 N–H and O–H groups in total. The highest BCUT2D eigenvalue weighted by molar-refractivity contribution is 7.92. The number of piperidine rings is 1. The molecule has 26 heavy (non-hydrogen) atoms. The van der Waals surface area contributed by atoms with E-state index in [-0.39, 0.29) is 0 Å². The summed E-state index contributed by atoms with van der Waals surface area (Å²) in [6.45, 7) is 5.04. The Morgan fingerprint density at radius 2 is 2.08 bits per heavy atom. The smallest absolute Gasteiger partial charge is 0.232 e. The number of rotatable bonds is 3. The first kappa shape index (κ1) is 17.8. The van der Waals surface area contributed by atoms with Gasteiger partial charge in [0.25, 0.3) is 0 Å². The molecule has 0 radical (unpaired) electrons. The zero-order valence-corrected chi connectivity index (χ0v) is 16.9. The van der Waals surface area contributed by atoms with Gasteiger partial charge in [0, 0.05) is 30.6 Å². The SMILES string of the molecule is CC1CCCN(c2nc(-c3ccc4c(c3)CCCN4S(C)(=O)=O)cs2)C1. The van der Waals surface area contributed by atoms with Crippen molar-refractivity contribution in [2.45, 2.75) is 32.6 Å². The lowest BCUT2D eigenvalue weighted by Gasteiger charge is -2.30. The van der Waals surface area contributed by atoms with Crippen molar-refractivity contribution in [3.63, 3.8) is 0 Å². The minimum absolute atomic E-state index is 0.569. The standard InChI is InChI=1S/C19H25N3O2S2/c1-14-5-3-9-21(12-14)19-20-17(13-25-19)15-7-8-18-16(11-15)6-4-10-22(18)26(2,23)24/h7-8,11,13-14H,3-6,9-10,12H2,1-2H3. The average molecular weight is 392 g/mol. The first-order valence-corrected chi connectivity index (χ1v) is 12.0. The van der Waals surface area contributed by atoms with E-state index in [1.54, 1.807) is 11.3 Å². The molecule has 0 amide bonds. The highest BCUT2D eigenvalue weighted by Crippen LogP contribution is 2.35. The molecule has 2 aliphatic rings. The normalized spacial score (nSPS) is 20.9. The summed E-state index contributed by atoms with van der Waals surface area (Å²) in [5.41, 5.74) is 3.98. The Labute approximate surface area is 159 Å². The van der Waals surface area contributed by atoms with Gasteiger partial charge in [-0.25, -0.2) is 13.4 Å². The summed E-state index contributed by atoms with van der Waals surface area (Å²) in [6, 6.07) is 6.05. The molecule has 0 bridgehead atoms. The summed E-state index contributed by atoms with van der Waals surface area (Å²) in [5, 5.41) is 3.22. The first-order chi connectivity index (χ1) is 12.4. The maximum Gasteiger partial charge on any atom is 0.232 e. The molecule has 1 atom stereocenters. The Bertz CT molecular complexity index is 907. The van der Waals surface area contributed by atoms with Crippen molar-refractivity contribution in [3.8, 4) is 11.3 Å². The van der Waals surface area contributed by atoms with Crippen molar-refractivity contribution in [1.82, 2.24) is 4.98 Å². The fraction of sp³-hybridized carbons (Fsp3) is 0.526. The summed E-state index contributed by atoms with van der Waals surface area (Å²) in [5.74, 6) is 0.724. The molecule has 1 aromatic heterocycles. The number of thiazole rings is 1. The van der Waals surface area contributed by atoms with E-state index >= 15 is 0 Å². The van der Waals surface area contributed by atoms with Gasteiger partial charge < -0.3 is 4.90 Å². The van der Waals surface area contributed by atoms with Crippen LogP contribution in [0.1, 0.15) is 31.7 Å². The van der Waals surface area contributed by atoms with E-state index in [1.807, 2.05) is 12.1 Å². The van der Waals surface area contributed by atoms with Crippen LogP contribution in [0.5, 0.6) is 0 Å². The molecule has 1 unspecified atom stereocenters. The van der Waals surface area contributed by atoms with Crippen molar-refractivity contribution in [3.05, 3.63) is 29.1 Å². The molecule has 4 rings (SSSR count). The molecule has 0 saturated carbocycles. The molecule has 0 aliphatic carbocycles. The van der Waals surface area contributed by atoms with Gasteiger partial charge >= 0.3 is 0 Å². The zero-order valence-electron chi connectivity index (χ0n) is 15.3. The number of fused-ring (bicyclic) bond motifs is 1. The Kier molecular flexibility index (Phi) is 4.69. The van der Waals surface area contributed by atoms with Crippen LogP contribution in [0.25, 0.3) is 11.3 Å². The zero-order chi connectivity index (χ0) is 18.3. The van der Waals surface area contributed by atoms with Gasteiger partial charge in [-0.05, 0) is 49.3 Å². The van der Waals surface area contributed by atoms with E-state index in [2.05, 4.69) is 23.3 Å². The Hall–Kier alpha value is -1.60. The number of hydrogen-bond donors (Lipinski definition) is 0. The summed E-state index contributed by atoms with van der Waals surface area (Å²) in [7, 11) is -3.22. The summed E-state index contributed by atoms with van der Waals surface area (Å²) in [6.07, 6.45) is 5.59. The van der Waals surface area contributed by atoms with Gasteiger partial charge in [-0.3, -0.25) is 4.31 Å². The van der Waals surface area contributed by atoms with Gasteiger partial charge in [-0.1, -0.05) is 13.0 Å². The molecular formula is C19H25N3O2S2. The molecule has 1 saturated heterocycles. The van der Waals surface area contributed by atoms with Gasteiger partial charge in [0.05, 0.1) is 17.6 Å². The fourth-order valence-electron chi connectivity index (χ4n) is 3.97. The third-order valence-corrected chi connectivity index (χ3v) is 7.35. The van der Waals surface area contributed by atoms with Gasteiger partial charge in [0.15, 0.2) is 5.13 Å². The van der Waals surface area contributed by atoms with Crippen LogP contribution < -0.4 is 9.21 Å². The second-order valence-corrected chi connectivity index (χ2v) is 10.2. The first-order valence-electron chi connectivity index (χ1n) is 9.23. The van der Waals surface area contributed by atoms with Crippen molar-refractivity contribution in [2.75, 3.05) is 35.1 Å². The van der Waals surface area contributed by atoms with E-state index in [1.165, 1.54) is 23.4 Å². The molecule has 1 aromatic carbocycles. The monoisotopic (exact) mass is 391 g/mol. The Balaban J connectivity index is 1.62. The predicted octanol–water partition coefficient (Wildman–Crippen LogP) is 3.76. The third kappa shape index (κ3) is 3.47. The van der Waals surface area contributed by atoms with E-state index in [0.29, 0.717) is 6.54 Å². The van der Waals surface area contributed by atoms with Crippen LogP contribution in [-0.4, -0.2) is 39.3 Å². The number of benzene rings is 1. The number of nitrogens with zero attached hydrogens (tertiary/aromatic N) is 3. The minimum Gasteiger partial charge on any atom is -0.348 e. The summed E-state index contributed by atoms with van der Waals surface area (Å²) in [4.78, 5) is 7.26. The van der Waals surface area contributed by atoms with Gasteiger partial charge in [-0.2, -0.15) is 0 Å². The molecule has 0 spiro atoms. The molecule has 1 fully saturated rings. The molecule has 3 heterocycles. The van der Waals surface area contributed by atoms with Crippen LogP contribution in [0.2, 0.25) is 0 Å². The van der Waals surface area contributed by atoms with Crippen LogP contribution in [0.15, 0.2) is 23.6 Å². The van der Waals surface area contributed by atoms with Crippen molar-refractivity contribution in [2.24, 2.45) is 5.92 Å². The highest BCUT2D eigenvalue weighted by Gasteiger charge is 2.25. The molecular weight excluding hydrogens is 366 g/mol. The quantitative estimate of drug-likeness (QED) is 0.799. The Morgan fingerprint density at radius 3 is 2.85 bits per heavy atom. The molecule has 7 heteroatoms. The van der Waals surface area contributed by atoms with E-state index in [0.717, 1.165) is 59.5 Å². The lowest BCUT2D eigenvalue weighted by atomic mass is 10.00. The van der Waals surface area contributed by atoms with E-state index in [4.69, 9.17) is 4.98 Å². The topological polar surface area (TPSA) is 53.5 Å². The van der Waals surface area contributed by atoms with Gasteiger partial charge in [0.1, 0.15) is 0 Å². The van der Waals surface area contributed by atoms with Crippen LogP contribution in [0, 0.1) is 5.92 Å². The lowest BCUT2D eigenvalue weighted by molar-refractivity contribution is 0.446. The second-order valence-electron chi connectivity index (χ2n) is 7.49. The van der Waals surface area contributed by atoms with E-state index in [9.17, 15) is 8.42 Å². The maximum absolute atomic E-state index is 12.0. The lowest BCUT2D eigenvalue weighted by Crippen LogP contribution is -2.34. The Morgan fingerprint density at radius 1 is 1.23 bits per heavy atom. The summed E-state index contributed by atoms with van der Waals surface area (Å²) < 4.78 is 25.6. The molecule has 2 aromatic rings. The van der Waals surface area contributed by atoms with Crippen molar-refractivity contribution >= 4 is 32.2 Å². The van der Waals surface area contributed by atoms with E-state index < -0.39 is 10.0 Å². The molecule has 140 valence electrons. The number of hydrogen-bond acceptors (Lipinski definition) is 5. The third-order valence-electron chi connectivity index (χ3n) is 5.27. The number of aryl methyl sites for hydroxylation is 1. The highest BCUT2D eigenvalue weighted by atomic mass is 32.2. The number of anilines is 2. The summed E-state index contributed by atoms with van der Waals surface area (Å²) >= 11 is 1.70. The van der Waals surface area contributed by atoms with Crippen LogP contribution in [0.3, 0.4) is 0 Å². The van der Waals surface area contributed by atoms with Gasteiger partial charge in [0.2, 0.25) is 10.0 Å². The van der Waals surface area contributed by atoms with Crippen LogP contribution in [-0.2, 0) is 16.4 Å². The van der Waals surface area contributed by atoms with Crippen molar-refractivity contribution < 1.29 is 8.42 Å². The predicted molar refractivity (Wildman–Crippen MR) is 109 cm³/mol. The van der Waals surface area contributed by atoms with Crippen molar-refractivity contribution in [1.29, 1.82) is 0 Å². The largest absolute Gasteiger partial charge is 0.348 e. The minimum atomic E-state index is -3.22. The average Bonchev–Trinajstić information content (AvgIpc) is 3.10. The molecule has 2 aliphatic heterocycles. The number of aromatic nitrogens is 1.